The first-order chi connectivity index (χ1) is 10.2. The normalized spacial score (nSPS) is 10.7. The third-order valence-electron chi connectivity index (χ3n) is 3.03. The van der Waals surface area contributed by atoms with E-state index in [4.69, 9.17) is 15.2 Å². The zero-order valence-corrected chi connectivity index (χ0v) is 13.6. The Balaban J connectivity index is 2.33. The Hall–Kier alpha value is -1.59. The molecule has 0 radical (unpaired) electrons. The van der Waals surface area contributed by atoms with E-state index >= 15 is 0 Å². The van der Waals surface area contributed by atoms with E-state index in [-0.39, 0.29) is 0 Å². The van der Waals surface area contributed by atoms with E-state index in [0.717, 1.165) is 39.1 Å². The van der Waals surface area contributed by atoms with Crippen LogP contribution in [0.4, 0.5) is 0 Å². The van der Waals surface area contributed by atoms with Gasteiger partial charge in [0, 0.05) is 17.0 Å². The molecule has 0 fully saturated rings. The molecule has 114 valence electrons. The third-order valence-corrected chi connectivity index (χ3v) is 4.26. The largest absolute Gasteiger partial charge is 0.490 e. The fourth-order valence-corrected chi connectivity index (χ4v) is 2.92. The maximum Gasteiger partial charge on any atom is 0.161 e. The first kappa shape index (κ1) is 15.8. The molecule has 2 rings (SSSR count). The lowest BCUT2D eigenvalue weighted by Gasteiger charge is -2.12. The van der Waals surface area contributed by atoms with Crippen LogP contribution < -0.4 is 15.2 Å². The lowest BCUT2D eigenvalue weighted by atomic mass is 10.2. The van der Waals surface area contributed by atoms with Crippen LogP contribution in [0.15, 0.2) is 18.2 Å². The number of benzene rings is 1. The molecule has 5 heteroatoms. The van der Waals surface area contributed by atoms with Crippen molar-refractivity contribution in [1.82, 2.24) is 4.98 Å². The van der Waals surface area contributed by atoms with Crippen molar-refractivity contribution in [3.8, 4) is 22.1 Å². The zero-order valence-electron chi connectivity index (χ0n) is 12.8. The predicted molar refractivity (Wildman–Crippen MR) is 87.1 cm³/mol. The summed E-state index contributed by atoms with van der Waals surface area (Å²) in [5.41, 5.74) is 7.76. The fourth-order valence-electron chi connectivity index (χ4n) is 1.98. The molecular weight excluding hydrogens is 284 g/mol. The number of rotatable bonds is 7. The SMILES string of the molecule is CCCOc1ccc(-c2nc(C)c(CN)s2)cc1OCC. The summed E-state index contributed by atoms with van der Waals surface area (Å²) in [7, 11) is 0. The molecular formula is C16H22N2O2S. The molecule has 0 aliphatic carbocycles. The van der Waals surface area contributed by atoms with Crippen LogP contribution in [0.3, 0.4) is 0 Å². The molecule has 0 unspecified atom stereocenters. The van der Waals surface area contributed by atoms with Gasteiger partial charge in [-0.2, -0.15) is 0 Å². The van der Waals surface area contributed by atoms with E-state index in [2.05, 4.69) is 11.9 Å². The van der Waals surface area contributed by atoms with Gasteiger partial charge >= 0.3 is 0 Å². The monoisotopic (exact) mass is 306 g/mol. The molecule has 0 saturated heterocycles. The molecule has 21 heavy (non-hydrogen) atoms. The number of nitrogens with two attached hydrogens (primary N) is 1. The molecule has 4 nitrogen and oxygen atoms in total. The molecule has 0 saturated carbocycles. The van der Waals surface area contributed by atoms with Crippen molar-refractivity contribution in [1.29, 1.82) is 0 Å². The molecule has 0 bridgehead atoms. The summed E-state index contributed by atoms with van der Waals surface area (Å²) in [6.45, 7) is 7.87. The minimum absolute atomic E-state index is 0.527. The van der Waals surface area contributed by atoms with Gasteiger partial charge in [-0.05, 0) is 38.5 Å². The van der Waals surface area contributed by atoms with Crippen molar-refractivity contribution in [3.63, 3.8) is 0 Å². The highest BCUT2D eigenvalue weighted by atomic mass is 32.1. The third kappa shape index (κ3) is 3.74. The molecule has 0 aliphatic rings. The number of hydrogen-bond donors (Lipinski definition) is 1. The highest BCUT2D eigenvalue weighted by molar-refractivity contribution is 7.15. The van der Waals surface area contributed by atoms with Gasteiger partial charge in [0.1, 0.15) is 5.01 Å². The molecule has 0 aliphatic heterocycles. The van der Waals surface area contributed by atoms with Crippen LogP contribution in [-0.4, -0.2) is 18.2 Å². The minimum atomic E-state index is 0.527. The van der Waals surface area contributed by atoms with Gasteiger partial charge in [0.25, 0.3) is 0 Å². The quantitative estimate of drug-likeness (QED) is 0.846. The molecule has 0 spiro atoms. The van der Waals surface area contributed by atoms with Crippen LogP contribution in [0.2, 0.25) is 0 Å². The van der Waals surface area contributed by atoms with Crippen molar-refractivity contribution in [2.75, 3.05) is 13.2 Å². The Bertz CT molecular complexity index is 596. The second-order valence-electron chi connectivity index (χ2n) is 4.67. The molecule has 1 heterocycles. The lowest BCUT2D eigenvalue weighted by molar-refractivity contribution is 0.277. The summed E-state index contributed by atoms with van der Waals surface area (Å²) in [6.07, 6.45) is 0.971. The summed E-state index contributed by atoms with van der Waals surface area (Å²) >= 11 is 1.63. The summed E-state index contributed by atoms with van der Waals surface area (Å²) in [4.78, 5) is 5.71. The number of nitrogens with zero attached hydrogens (tertiary/aromatic N) is 1. The van der Waals surface area contributed by atoms with Gasteiger partial charge in [-0.25, -0.2) is 4.98 Å². The summed E-state index contributed by atoms with van der Waals surface area (Å²) in [6, 6.07) is 5.97. The van der Waals surface area contributed by atoms with Crippen LogP contribution in [-0.2, 0) is 6.54 Å². The molecule has 1 aromatic heterocycles. The molecule has 0 atom stereocenters. The molecule has 2 N–H and O–H groups in total. The second kappa shape index (κ2) is 7.43. The maximum atomic E-state index is 5.72. The average molecular weight is 306 g/mol. The molecule has 0 amide bonds. The Morgan fingerprint density at radius 2 is 2.00 bits per heavy atom. The van der Waals surface area contributed by atoms with Gasteiger partial charge in [0.15, 0.2) is 11.5 Å². The first-order valence-corrected chi connectivity index (χ1v) is 8.07. The Morgan fingerprint density at radius 3 is 2.62 bits per heavy atom. The number of aromatic nitrogens is 1. The molecule has 1 aromatic carbocycles. The van der Waals surface area contributed by atoms with Crippen LogP contribution in [0.1, 0.15) is 30.8 Å². The smallest absolute Gasteiger partial charge is 0.161 e. The Labute approximate surface area is 129 Å². The van der Waals surface area contributed by atoms with Crippen molar-refractivity contribution < 1.29 is 9.47 Å². The van der Waals surface area contributed by atoms with E-state index in [1.165, 1.54) is 0 Å². The number of thiazole rings is 1. The van der Waals surface area contributed by atoms with Crippen LogP contribution >= 0.6 is 11.3 Å². The second-order valence-corrected chi connectivity index (χ2v) is 5.76. The highest BCUT2D eigenvalue weighted by Crippen LogP contribution is 2.35. The lowest BCUT2D eigenvalue weighted by Crippen LogP contribution is -2.00. The zero-order chi connectivity index (χ0) is 15.2. The fraction of sp³-hybridized carbons (Fsp3) is 0.438. The minimum Gasteiger partial charge on any atom is -0.490 e. The van der Waals surface area contributed by atoms with Crippen LogP contribution in [0, 0.1) is 6.92 Å². The van der Waals surface area contributed by atoms with Gasteiger partial charge in [0.2, 0.25) is 0 Å². The van der Waals surface area contributed by atoms with Gasteiger partial charge in [0.05, 0.1) is 18.9 Å². The number of hydrogen-bond acceptors (Lipinski definition) is 5. The highest BCUT2D eigenvalue weighted by Gasteiger charge is 2.12. The van der Waals surface area contributed by atoms with E-state index in [1.807, 2.05) is 32.0 Å². The van der Waals surface area contributed by atoms with Gasteiger partial charge < -0.3 is 15.2 Å². The van der Waals surface area contributed by atoms with Crippen LogP contribution in [0.25, 0.3) is 10.6 Å². The Morgan fingerprint density at radius 1 is 1.19 bits per heavy atom. The first-order valence-electron chi connectivity index (χ1n) is 7.26. The topological polar surface area (TPSA) is 57.4 Å². The van der Waals surface area contributed by atoms with E-state index in [9.17, 15) is 0 Å². The van der Waals surface area contributed by atoms with Crippen molar-refractivity contribution in [2.45, 2.75) is 33.7 Å². The summed E-state index contributed by atoms with van der Waals surface area (Å²) < 4.78 is 11.4. The van der Waals surface area contributed by atoms with Crippen molar-refractivity contribution in [3.05, 3.63) is 28.8 Å². The summed E-state index contributed by atoms with van der Waals surface area (Å²) in [5, 5.41) is 0.968. The van der Waals surface area contributed by atoms with Gasteiger partial charge in [-0.3, -0.25) is 0 Å². The van der Waals surface area contributed by atoms with Gasteiger partial charge in [-0.15, -0.1) is 11.3 Å². The Kier molecular flexibility index (Phi) is 5.59. The van der Waals surface area contributed by atoms with Crippen molar-refractivity contribution in [2.24, 2.45) is 5.73 Å². The van der Waals surface area contributed by atoms with Crippen molar-refractivity contribution >= 4 is 11.3 Å². The van der Waals surface area contributed by atoms with Crippen LogP contribution in [0.5, 0.6) is 11.5 Å². The average Bonchev–Trinajstić information content (AvgIpc) is 2.87. The maximum absolute atomic E-state index is 5.72. The van der Waals surface area contributed by atoms with Gasteiger partial charge in [-0.1, -0.05) is 6.92 Å². The van der Waals surface area contributed by atoms with E-state index in [0.29, 0.717) is 19.8 Å². The van der Waals surface area contributed by atoms with E-state index in [1.54, 1.807) is 11.3 Å². The number of ether oxygens (including phenoxy) is 2. The van der Waals surface area contributed by atoms with E-state index < -0.39 is 0 Å². The molecule has 2 aromatic rings. The number of aryl methyl sites for hydroxylation is 1. The predicted octanol–water partition coefficient (Wildman–Crippen LogP) is 3.76. The summed E-state index contributed by atoms with van der Waals surface area (Å²) in [5.74, 6) is 1.56. The standard InChI is InChI=1S/C16H22N2O2S/c1-4-8-20-13-7-6-12(9-14(13)19-5-2)16-18-11(3)15(10-17)21-16/h6-7,9H,4-5,8,10,17H2,1-3H3.